The highest BCUT2D eigenvalue weighted by atomic mass is 19.4. The Kier molecular flexibility index (Phi) is 5.16. The third-order valence-corrected chi connectivity index (χ3v) is 3.61. The van der Waals surface area contributed by atoms with Gasteiger partial charge in [-0.05, 0) is 13.8 Å². The molecule has 1 unspecified atom stereocenters. The first-order chi connectivity index (χ1) is 11.1. The molecule has 1 aromatic heterocycles. The summed E-state index contributed by atoms with van der Waals surface area (Å²) in [5.74, 6) is -1.93. The summed E-state index contributed by atoms with van der Waals surface area (Å²) in [6.07, 6.45) is -4.87. The minimum Gasteiger partial charge on any atom is -0.481 e. The van der Waals surface area contributed by atoms with Crippen LogP contribution in [0.4, 0.5) is 13.2 Å². The van der Waals surface area contributed by atoms with Crippen molar-refractivity contribution in [1.29, 1.82) is 0 Å². The maximum Gasteiger partial charge on any atom is 0.433 e. The van der Waals surface area contributed by atoms with E-state index >= 15 is 0 Å². The summed E-state index contributed by atoms with van der Waals surface area (Å²) in [6, 6.07) is -0.562. The molecule has 7 nitrogen and oxygen atoms in total. The van der Waals surface area contributed by atoms with Crippen LogP contribution in [0, 0.1) is 0 Å². The molecule has 0 bridgehead atoms. The van der Waals surface area contributed by atoms with E-state index in [1.54, 1.807) is 0 Å². The molecule has 0 saturated carbocycles. The molecule has 1 saturated heterocycles. The Hall–Kier alpha value is -2.10. The number of carbonyl (C=O) groups excluding carboxylic acids is 1. The largest absolute Gasteiger partial charge is 0.481 e. The van der Waals surface area contributed by atoms with Crippen LogP contribution in [0.15, 0.2) is 6.20 Å². The highest BCUT2D eigenvalue weighted by Gasteiger charge is 2.42. The van der Waals surface area contributed by atoms with Crippen LogP contribution in [-0.4, -0.2) is 57.5 Å². The van der Waals surface area contributed by atoms with Crippen molar-refractivity contribution in [2.75, 3.05) is 19.7 Å². The first kappa shape index (κ1) is 18.2. The molecular formula is C14H18F3N3O4. The molecule has 24 heavy (non-hydrogen) atoms. The summed E-state index contributed by atoms with van der Waals surface area (Å²) >= 11 is 0. The zero-order chi connectivity index (χ0) is 18.1. The first-order valence-electron chi connectivity index (χ1n) is 7.38. The Morgan fingerprint density at radius 2 is 2.12 bits per heavy atom. The molecule has 0 spiro atoms. The van der Waals surface area contributed by atoms with Gasteiger partial charge in [0, 0.05) is 19.1 Å². The van der Waals surface area contributed by atoms with Crippen molar-refractivity contribution in [3.05, 3.63) is 17.5 Å². The molecule has 2 rings (SSSR count). The molecule has 1 aliphatic heterocycles. The fourth-order valence-electron chi connectivity index (χ4n) is 2.59. The monoisotopic (exact) mass is 349 g/mol. The van der Waals surface area contributed by atoms with Crippen LogP contribution in [-0.2, 0) is 15.7 Å². The number of morpholine rings is 1. The van der Waals surface area contributed by atoms with E-state index in [4.69, 9.17) is 9.84 Å². The van der Waals surface area contributed by atoms with Crippen LogP contribution >= 0.6 is 0 Å². The molecule has 10 heteroatoms. The van der Waals surface area contributed by atoms with E-state index in [9.17, 15) is 22.8 Å². The van der Waals surface area contributed by atoms with Crippen molar-refractivity contribution >= 4 is 11.9 Å². The first-order valence-corrected chi connectivity index (χ1v) is 7.38. The lowest BCUT2D eigenvalue weighted by Crippen LogP contribution is -2.46. The van der Waals surface area contributed by atoms with Crippen molar-refractivity contribution in [2.24, 2.45) is 0 Å². The van der Waals surface area contributed by atoms with Gasteiger partial charge >= 0.3 is 12.1 Å². The molecule has 1 fully saturated rings. The van der Waals surface area contributed by atoms with Gasteiger partial charge in [0.1, 0.15) is 0 Å². The van der Waals surface area contributed by atoms with Gasteiger partial charge in [0.05, 0.1) is 30.9 Å². The van der Waals surface area contributed by atoms with Crippen LogP contribution in [0.3, 0.4) is 0 Å². The van der Waals surface area contributed by atoms with Gasteiger partial charge in [0.2, 0.25) is 0 Å². The zero-order valence-corrected chi connectivity index (χ0v) is 13.2. The number of carboxylic acids is 1. The van der Waals surface area contributed by atoms with Crippen LogP contribution < -0.4 is 0 Å². The SMILES string of the molecule is CC(C)n1ncc(C(=O)N2CCOC(CC(=O)O)C2)c1C(F)(F)F. The lowest BCUT2D eigenvalue weighted by Gasteiger charge is -2.32. The standard InChI is InChI=1S/C14H18F3N3O4/c1-8(2)20-12(14(15,16)17)10(6-18-20)13(23)19-3-4-24-9(7-19)5-11(21)22/h6,8-9H,3-5,7H2,1-2H3,(H,21,22). The maximum atomic E-state index is 13.3. The number of nitrogens with zero attached hydrogens (tertiary/aromatic N) is 3. The van der Waals surface area contributed by atoms with Crippen LogP contribution in [0.1, 0.15) is 42.4 Å². The second-order valence-corrected chi connectivity index (χ2v) is 5.78. The summed E-state index contributed by atoms with van der Waals surface area (Å²) in [7, 11) is 0. The third-order valence-electron chi connectivity index (χ3n) is 3.61. The van der Waals surface area contributed by atoms with Crippen molar-refractivity contribution < 1.29 is 32.6 Å². The zero-order valence-electron chi connectivity index (χ0n) is 13.2. The quantitative estimate of drug-likeness (QED) is 0.896. The van der Waals surface area contributed by atoms with Gasteiger partial charge < -0.3 is 14.7 Å². The smallest absolute Gasteiger partial charge is 0.433 e. The summed E-state index contributed by atoms with van der Waals surface area (Å²) in [4.78, 5) is 24.4. The predicted molar refractivity (Wildman–Crippen MR) is 75.5 cm³/mol. The minimum atomic E-state index is -4.72. The lowest BCUT2D eigenvalue weighted by atomic mass is 10.1. The number of aromatic nitrogens is 2. The van der Waals surface area contributed by atoms with Gasteiger partial charge in [-0.1, -0.05) is 0 Å². The topological polar surface area (TPSA) is 84.7 Å². The molecule has 134 valence electrons. The number of alkyl halides is 3. The number of aliphatic carboxylic acids is 1. The molecule has 1 N–H and O–H groups in total. The second-order valence-electron chi connectivity index (χ2n) is 5.78. The van der Waals surface area contributed by atoms with E-state index in [0.717, 1.165) is 10.9 Å². The average molecular weight is 349 g/mol. The lowest BCUT2D eigenvalue weighted by molar-refractivity contribution is -0.145. The second kappa shape index (κ2) is 6.80. The summed E-state index contributed by atoms with van der Waals surface area (Å²) in [5.41, 5.74) is -1.63. The minimum absolute atomic E-state index is 0.0728. The number of carbonyl (C=O) groups is 2. The normalized spacial score (nSPS) is 18.9. The Morgan fingerprint density at radius 1 is 1.46 bits per heavy atom. The van der Waals surface area contributed by atoms with Crippen molar-refractivity contribution in [1.82, 2.24) is 14.7 Å². The number of halogens is 3. The van der Waals surface area contributed by atoms with Crippen LogP contribution in [0.25, 0.3) is 0 Å². The average Bonchev–Trinajstić information content (AvgIpc) is 2.91. The number of amides is 1. The molecule has 1 aromatic rings. The third kappa shape index (κ3) is 3.86. The summed E-state index contributed by atoms with van der Waals surface area (Å²) in [6.45, 7) is 3.17. The Morgan fingerprint density at radius 3 is 2.67 bits per heavy atom. The fraction of sp³-hybridized carbons (Fsp3) is 0.643. The maximum absolute atomic E-state index is 13.3. The molecule has 1 atom stereocenters. The van der Waals surface area contributed by atoms with Crippen molar-refractivity contribution in [3.8, 4) is 0 Å². The number of hydrogen-bond acceptors (Lipinski definition) is 4. The summed E-state index contributed by atoms with van der Waals surface area (Å²) in [5, 5.41) is 12.5. The van der Waals surface area contributed by atoms with Crippen LogP contribution in [0.2, 0.25) is 0 Å². The van der Waals surface area contributed by atoms with E-state index in [2.05, 4.69) is 5.10 Å². The molecular weight excluding hydrogens is 331 g/mol. The van der Waals surface area contributed by atoms with E-state index in [1.165, 1.54) is 18.7 Å². The van der Waals surface area contributed by atoms with E-state index in [-0.39, 0.29) is 26.1 Å². The Balaban J connectivity index is 2.28. The fourth-order valence-corrected chi connectivity index (χ4v) is 2.59. The molecule has 2 heterocycles. The predicted octanol–water partition coefficient (Wildman–Crippen LogP) is 1.80. The Labute approximate surface area is 136 Å². The molecule has 1 amide bonds. The van der Waals surface area contributed by atoms with Gasteiger partial charge in [-0.15, -0.1) is 0 Å². The highest BCUT2D eigenvalue weighted by Crippen LogP contribution is 2.34. The van der Waals surface area contributed by atoms with Gasteiger partial charge in [0.25, 0.3) is 5.91 Å². The highest BCUT2D eigenvalue weighted by molar-refractivity contribution is 5.95. The molecule has 1 aliphatic rings. The molecule has 0 aromatic carbocycles. The number of ether oxygens (including phenoxy) is 1. The molecule has 0 aliphatic carbocycles. The van der Waals surface area contributed by atoms with Crippen LogP contribution in [0.5, 0.6) is 0 Å². The molecule has 0 radical (unpaired) electrons. The Bertz CT molecular complexity index is 627. The van der Waals surface area contributed by atoms with Gasteiger partial charge in [-0.25, -0.2) is 0 Å². The van der Waals surface area contributed by atoms with Gasteiger partial charge in [-0.2, -0.15) is 18.3 Å². The van der Waals surface area contributed by atoms with Gasteiger partial charge in [0.15, 0.2) is 5.69 Å². The van der Waals surface area contributed by atoms with E-state index in [0.29, 0.717) is 0 Å². The van der Waals surface area contributed by atoms with Gasteiger partial charge in [-0.3, -0.25) is 14.3 Å². The van der Waals surface area contributed by atoms with E-state index < -0.39 is 41.5 Å². The van der Waals surface area contributed by atoms with E-state index in [1.807, 2.05) is 0 Å². The van der Waals surface area contributed by atoms with Crippen molar-refractivity contribution in [3.63, 3.8) is 0 Å². The number of rotatable bonds is 4. The number of hydrogen-bond donors (Lipinski definition) is 1. The number of carboxylic acid groups (broad SMARTS) is 1. The van der Waals surface area contributed by atoms with Crippen molar-refractivity contribution in [2.45, 2.75) is 38.6 Å². The summed E-state index contributed by atoms with van der Waals surface area (Å²) < 4.78 is 46.0.